The lowest BCUT2D eigenvalue weighted by Gasteiger charge is -2.25. The Morgan fingerprint density at radius 2 is 2.03 bits per heavy atom. The number of hydrogen-bond donors (Lipinski definition) is 2. The standard InChI is InChI=1S/C27H28N6O5S/c1-16-15-39-23(28-16)20-10-7-11-33(20)24(34)19-12-18(13-21(29-19)37-3)22-31-32-25(38-22)27(2,30-26(35)36)14-17-8-5-4-6-9-17/h4-6,8-9,12-13,15,20,30H,7,10-11,14H2,1-3H3,(H,35,36)/t20-,27-/m1/s1. The summed E-state index contributed by atoms with van der Waals surface area (Å²) < 4.78 is 11.4. The van der Waals surface area contributed by atoms with Gasteiger partial charge in [-0.15, -0.1) is 21.5 Å². The summed E-state index contributed by atoms with van der Waals surface area (Å²) in [6.45, 7) is 4.22. The topological polar surface area (TPSA) is 144 Å². The first-order valence-electron chi connectivity index (χ1n) is 12.4. The van der Waals surface area contributed by atoms with E-state index in [1.807, 2.05) is 42.6 Å². The zero-order chi connectivity index (χ0) is 27.6. The first-order chi connectivity index (χ1) is 18.8. The first kappa shape index (κ1) is 26.3. The molecule has 1 aliphatic rings. The Morgan fingerprint density at radius 1 is 1.23 bits per heavy atom. The number of nitrogens with zero attached hydrogens (tertiary/aromatic N) is 5. The zero-order valence-electron chi connectivity index (χ0n) is 21.7. The van der Waals surface area contributed by atoms with E-state index in [2.05, 4.69) is 25.5 Å². The highest BCUT2D eigenvalue weighted by Gasteiger charge is 2.36. The molecule has 0 radical (unpaired) electrons. The number of thiazole rings is 1. The number of aryl methyl sites for hydroxylation is 1. The van der Waals surface area contributed by atoms with Gasteiger partial charge in [-0.25, -0.2) is 14.8 Å². The fourth-order valence-electron chi connectivity index (χ4n) is 4.76. The zero-order valence-corrected chi connectivity index (χ0v) is 22.6. The van der Waals surface area contributed by atoms with E-state index in [9.17, 15) is 14.7 Å². The highest BCUT2D eigenvalue weighted by molar-refractivity contribution is 7.09. The largest absolute Gasteiger partial charge is 0.481 e. The number of hydrogen-bond acceptors (Lipinski definition) is 9. The highest BCUT2D eigenvalue weighted by atomic mass is 32.1. The van der Waals surface area contributed by atoms with Crippen molar-refractivity contribution in [3.63, 3.8) is 0 Å². The van der Waals surface area contributed by atoms with Gasteiger partial charge in [-0.3, -0.25) is 4.79 Å². The van der Waals surface area contributed by atoms with E-state index in [1.54, 1.807) is 35.3 Å². The predicted molar refractivity (Wildman–Crippen MR) is 143 cm³/mol. The van der Waals surface area contributed by atoms with E-state index >= 15 is 0 Å². The SMILES string of the molecule is COc1cc(-c2nnc([C@@](C)(Cc3ccccc3)NC(=O)O)o2)cc(C(=O)N2CCC[C@@H]2c2nc(C)cs2)n1. The molecule has 3 aromatic heterocycles. The lowest BCUT2D eigenvalue weighted by Crippen LogP contribution is -2.44. The maximum absolute atomic E-state index is 13.6. The van der Waals surface area contributed by atoms with Gasteiger partial charge in [-0.1, -0.05) is 30.3 Å². The van der Waals surface area contributed by atoms with E-state index in [0.717, 1.165) is 29.1 Å². The van der Waals surface area contributed by atoms with Crippen LogP contribution in [0, 0.1) is 6.92 Å². The molecule has 0 aliphatic carbocycles. The Labute approximate surface area is 228 Å². The van der Waals surface area contributed by atoms with Crippen LogP contribution in [0.1, 0.15) is 58.5 Å². The number of carbonyl (C=O) groups is 2. The summed E-state index contributed by atoms with van der Waals surface area (Å²) in [5.74, 6) is 0.171. The fraction of sp³-hybridized carbons (Fsp3) is 0.333. The number of carbonyl (C=O) groups excluding carboxylic acids is 1. The van der Waals surface area contributed by atoms with E-state index in [4.69, 9.17) is 9.15 Å². The van der Waals surface area contributed by atoms with Crippen molar-refractivity contribution < 1.29 is 23.8 Å². The lowest BCUT2D eigenvalue weighted by molar-refractivity contribution is 0.0728. The Kier molecular flexibility index (Phi) is 7.29. The van der Waals surface area contributed by atoms with Crippen molar-refractivity contribution >= 4 is 23.3 Å². The van der Waals surface area contributed by atoms with Crippen LogP contribution in [0.2, 0.25) is 0 Å². The van der Waals surface area contributed by atoms with E-state index in [-0.39, 0.29) is 41.7 Å². The molecule has 39 heavy (non-hydrogen) atoms. The smallest absolute Gasteiger partial charge is 0.405 e. The maximum atomic E-state index is 13.6. The Balaban J connectivity index is 1.46. The summed E-state index contributed by atoms with van der Waals surface area (Å²) in [6.07, 6.45) is 0.772. The Morgan fingerprint density at radius 3 is 2.72 bits per heavy atom. The second-order valence-corrected chi connectivity index (χ2v) is 10.5. The van der Waals surface area contributed by atoms with Crippen molar-refractivity contribution in [3.8, 4) is 17.3 Å². The van der Waals surface area contributed by atoms with E-state index < -0.39 is 11.6 Å². The number of likely N-dealkylation sites (tertiary alicyclic amines) is 1. The second kappa shape index (κ2) is 10.8. The molecule has 4 aromatic rings. The molecule has 4 heterocycles. The molecule has 5 rings (SSSR count). The van der Waals surface area contributed by atoms with E-state index in [1.165, 1.54) is 7.11 Å². The number of ether oxygens (including phenoxy) is 1. The molecule has 1 saturated heterocycles. The number of pyridine rings is 1. The molecule has 11 nitrogen and oxygen atoms in total. The van der Waals surface area contributed by atoms with Crippen LogP contribution in [-0.4, -0.2) is 55.8 Å². The highest BCUT2D eigenvalue weighted by Crippen LogP contribution is 2.35. The van der Waals surface area contributed by atoms with Crippen LogP contribution in [0.25, 0.3) is 11.5 Å². The van der Waals surface area contributed by atoms with Crippen LogP contribution >= 0.6 is 11.3 Å². The quantitative estimate of drug-likeness (QED) is 0.323. The minimum absolute atomic E-state index is 0.0890. The fourth-order valence-corrected chi connectivity index (χ4v) is 5.70. The number of aromatic nitrogens is 4. The van der Waals surface area contributed by atoms with Crippen molar-refractivity contribution in [2.24, 2.45) is 0 Å². The average Bonchev–Trinajstić information content (AvgIpc) is 3.69. The molecule has 2 N–H and O–H groups in total. The molecule has 0 saturated carbocycles. The second-order valence-electron chi connectivity index (χ2n) is 9.60. The summed E-state index contributed by atoms with van der Waals surface area (Å²) in [6, 6.07) is 12.5. The minimum Gasteiger partial charge on any atom is -0.481 e. The number of nitrogens with one attached hydrogen (secondary N) is 1. The average molecular weight is 549 g/mol. The normalized spacial score (nSPS) is 16.6. The maximum Gasteiger partial charge on any atom is 0.405 e. The summed E-state index contributed by atoms with van der Waals surface area (Å²) >= 11 is 1.55. The van der Waals surface area contributed by atoms with Gasteiger partial charge < -0.3 is 24.5 Å². The monoisotopic (exact) mass is 548 g/mol. The number of amides is 2. The van der Waals surface area contributed by atoms with Crippen LogP contribution in [0.4, 0.5) is 4.79 Å². The molecule has 0 spiro atoms. The third-order valence-corrected chi connectivity index (χ3v) is 7.66. The van der Waals surface area contributed by atoms with Crippen LogP contribution in [0.3, 0.4) is 0 Å². The Bertz CT molecular complexity index is 1490. The predicted octanol–water partition coefficient (Wildman–Crippen LogP) is 4.61. The van der Waals surface area contributed by atoms with Gasteiger partial charge in [0.1, 0.15) is 16.2 Å². The molecule has 0 unspecified atom stereocenters. The summed E-state index contributed by atoms with van der Waals surface area (Å²) in [5.41, 5.74) is 1.24. The van der Waals surface area contributed by atoms with Gasteiger partial charge in [0.2, 0.25) is 17.7 Å². The summed E-state index contributed by atoms with van der Waals surface area (Å²) in [4.78, 5) is 36.0. The molecular formula is C27H28N6O5S. The Hall–Kier alpha value is -4.32. The molecular weight excluding hydrogens is 520 g/mol. The first-order valence-corrected chi connectivity index (χ1v) is 13.3. The van der Waals surface area contributed by atoms with Gasteiger partial charge in [0.25, 0.3) is 5.91 Å². The van der Waals surface area contributed by atoms with Crippen LogP contribution in [0.15, 0.2) is 52.3 Å². The molecule has 2 amide bonds. The molecule has 2 atom stereocenters. The summed E-state index contributed by atoms with van der Waals surface area (Å²) in [5, 5.41) is 23.3. The van der Waals surface area contributed by atoms with Gasteiger partial charge in [-0.05, 0) is 38.3 Å². The molecule has 1 aliphatic heterocycles. The van der Waals surface area contributed by atoms with E-state index in [0.29, 0.717) is 12.1 Å². The van der Waals surface area contributed by atoms with Crippen LogP contribution in [-0.2, 0) is 12.0 Å². The van der Waals surface area contributed by atoms with Gasteiger partial charge in [-0.2, -0.15) is 0 Å². The molecule has 0 bridgehead atoms. The third kappa shape index (κ3) is 5.60. The van der Waals surface area contributed by atoms with Gasteiger partial charge >= 0.3 is 6.09 Å². The van der Waals surface area contributed by atoms with Gasteiger partial charge in [0, 0.05) is 35.7 Å². The number of rotatable bonds is 8. The van der Waals surface area contributed by atoms with Gasteiger partial charge in [0.15, 0.2) is 0 Å². The molecule has 12 heteroatoms. The van der Waals surface area contributed by atoms with Crippen molar-refractivity contribution in [3.05, 3.63) is 75.7 Å². The van der Waals surface area contributed by atoms with Crippen LogP contribution < -0.4 is 10.1 Å². The number of carboxylic acid groups (broad SMARTS) is 1. The molecule has 1 fully saturated rings. The summed E-state index contributed by atoms with van der Waals surface area (Å²) in [7, 11) is 1.46. The van der Waals surface area contributed by atoms with Crippen molar-refractivity contribution in [1.82, 2.24) is 30.4 Å². The number of methoxy groups -OCH3 is 1. The van der Waals surface area contributed by atoms with Crippen LogP contribution in [0.5, 0.6) is 5.88 Å². The minimum atomic E-state index is -1.22. The molecule has 202 valence electrons. The third-order valence-electron chi connectivity index (χ3n) is 6.59. The molecule has 1 aromatic carbocycles. The van der Waals surface area contributed by atoms with Crippen molar-refractivity contribution in [1.29, 1.82) is 0 Å². The van der Waals surface area contributed by atoms with Gasteiger partial charge in [0.05, 0.1) is 13.2 Å². The lowest BCUT2D eigenvalue weighted by atomic mass is 9.93. The van der Waals surface area contributed by atoms with Crippen molar-refractivity contribution in [2.45, 2.75) is 44.7 Å². The number of benzene rings is 1. The van der Waals surface area contributed by atoms with Crippen molar-refractivity contribution in [2.75, 3.05) is 13.7 Å².